The van der Waals surface area contributed by atoms with Gasteiger partial charge in [-0.1, -0.05) is 12.1 Å². The first-order valence-electron chi connectivity index (χ1n) is 5.67. The largest absolute Gasteiger partial charge is 0.372 e. The van der Waals surface area contributed by atoms with Gasteiger partial charge < -0.3 is 4.90 Å². The lowest BCUT2D eigenvalue weighted by atomic mass is 10.1. The monoisotopic (exact) mass is 234 g/mol. The van der Waals surface area contributed by atoms with Crippen molar-refractivity contribution in [1.82, 2.24) is 0 Å². The van der Waals surface area contributed by atoms with Crippen LogP contribution in [0.5, 0.6) is 0 Å². The van der Waals surface area contributed by atoms with Gasteiger partial charge >= 0.3 is 0 Å². The molecule has 5 heteroatoms. The SMILES string of the molecule is O=C(C[N+](=O)[O-])c1cccc(N2CCCC2)c1. The summed E-state index contributed by atoms with van der Waals surface area (Å²) < 4.78 is 0. The van der Waals surface area contributed by atoms with E-state index < -0.39 is 17.3 Å². The Hall–Kier alpha value is -1.91. The number of anilines is 1. The molecule has 0 bridgehead atoms. The minimum absolute atomic E-state index is 0.422. The maximum absolute atomic E-state index is 11.6. The van der Waals surface area contributed by atoms with Crippen LogP contribution in [-0.4, -0.2) is 30.3 Å². The van der Waals surface area contributed by atoms with E-state index in [0.29, 0.717) is 5.56 Å². The van der Waals surface area contributed by atoms with Crippen LogP contribution in [0.3, 0.4) is 0 Å². The van der Waals surface area contributed by atoms with Gasteiger partial charge in [0, 0.05) is 29.3 Å². The van der Waals surface area contributed by atoms with Gasteiger partial charge in [-0.3, -0.25) is 14.9 Å². The number of nitro groups is 1. The van der Waals surface area contributed by atoms with Gasteiger partial charge in [0.05, 0.1) is 0 Å². The summed E-state index contributed by atoms with van der Waals surface area (Å²) in [5.74, 6) is -0.434. The van der Waals surface area contributed by atoms with E-state index in [9.17, 15) is 14.9 Å². The summed E-state index contributed by atoms with van der Waals surface area (Å²) in [5.41, 5.74) is 1.41. The predicted octanol–water partition coefficient (Wildman–Crippen LogP) is 1.75. The second kappa shape index (κ2) is 4.95. The van der Waals surface area contributed by atoms with Crippen LogP contribution < -0.4 is 4.90 Å². The highest BCUT2D eigenvalue weighted by atomic mass is 16.6. The molecule has 90 valence electrons. The zero-order chi connectivity index (χ0) is 12.3. The lowest BCUT2D eigenvalue weighted by Gasteiger charge is -2.17. The van der Waals surface area contributed by atoms with Crippen molar-refractivity contribution in [2.75, 3.05) is 24.5 Å². The molecule has 2 rings (SSSR count). The maximum Gasteiger partial charge on any atom is 0.265 e. The number of carbonyl (C=O) groups is 1. The molecule has 0 radical (unpaired) electrons. The number of hydrogen-bond acceptors (Lipinski definition) is 4. The standard InChI is InChI=1S/C12H14N2O3/c15-12(9-14(16)17)10-4-3-5-11(8-10)13-6-1-2-7-13/h3-5,8H,1-2,6-7,9H2. The van der Waals surface area contributed by atoms with E-state index in [1.807, 2.05) is 6.07 Å². The molecule has 1 aromatic carbocycles. The van der Waals surface area contributed by atoms with Crippen molar-refractivity contribution < 1.29 is 9.72 Å². The number of carbonyl (C=O) groups excluding carboxylic acids is 1. The normalized spacial score (nSPS) is 14.9. The van der Waals surface area contributed by atoms with Crippen molar-refractivity contribution in [3.8, 4) is 0 Å². The molecule has 5 nitrogen and oxygen atoms in total. The molecule has 0 saturated carbocycles. The zero-order valence-corrected chi connectivity index (χ0v) is 9.46. The van der Waals surface area contributed by atoms with Crippen molar-refractivity contribution >= 4 is 11.5 Å². The van der Waals surface area contributed by atoms with Gasteiger partial charge in [-0.15, -0.1) is 0 Å². The summed E-state index contributed by atoms with van der Waals surface area (Å²) in [7, 11) is 0. The van der Waals surface area contributed by atoms with Crippen molar-refractivity contribution in [2.24, 2.45) is 0 Å². The van der Waals surface area contributed by atoms with Crippen LogP contribution in [0, 0.1) is 10.1 Å². The molecular formula is C12H14N2O3. The molecule has 0 N–H and O–H groups in total. The van der Waals surface area contributed by atoms with Gasteiger partial charge in [-0.05, 0) is 25.0 Å². The second-order valence-corrected chi connectivity index (χ2v) is 4.16. The van der Waals surface area contributed by atoms with Gasteiger partial charge in [0.25, 0.3) is 6.54 Å². The topological polar surface area (TPSA) is 63.4 Å². The fourth-order valence-corrected chi connectivity index (χ4v) is 2.06. The molecule has 1 fully saturated rings. The van der Waals surface area contributed by atoms with E-state index in [1.165, 1.54) is 0 Å². The summed E-state index contributed by atoms with van der Waals surface area (Å²) in [4.78, 5) is 23.5. The molecular weight excluding hydrogens is 220 g/mol. The van der Waals surface area contributed by atoms with Crippen LogP contribution in [0.4, 0.5) is 5.69 Å². The lowest BCUT2D eigenvalue weighted by Crippen LogP contribution is -2.19. The Kier molecular flexibility index (Phi) is 3.37. The minimum Gasteiger partial charge on any atom is -0.372 e. The second-order valence-electron chi connectivity index (χ2n) is 4.16. The number of benzene rings is 1. The molecule has 0 aromatic heterocycles. The molecule has 0 amide bonds. The molecule has 17 heavy (non-hydrogen) atoms. The summed E-state index contributed by atoms with van der Waals surface area (Å²) in [6.45, 7) is 1.35. The molecule has 1 aromatic rings. The Balaban J connectivity index is 2.15. The Morgan fingerprint density at radius 1 is 1.35 bits per heavy atom. The van der Waals surface area contributed by atoms with Crippen LogP contribution >= 0.6 is 0 Å². The van der Waals surface area contributed by atoms with Crippen LogP contribution in [0.2, 0.25) is 0 Å². The first-order valence-corrected chi connectivity index (χ1v) is 5.67. The van der Waals surface area contributed by atoms with Gasteiger partial charge in [-0.2, -0.15) is 0 Å². The first kappa shape index (κ1) is 11.6. The Morgan fingerprint density at radius 2 is 2.06 bits per heavy atom. The molecule has 0 aliphatic carbocycles. The fourth-order valence-electron chi connectivity index (χ4n) is 2.06. The quantitative estimate of drug-likeness (QED) is 0.452. The van der Waals surface area contributed by atoms with E-state index in [0.717, 1.165) is 31.6 Å². The minimum atomic E-state index is -0.635. The van der Waals surface area contributed by atoms with Crippen molar-refractivity contribution in [1.29, 1.82) is 0 Å². The summed E-state index contributed by atoms with van der Waals surface area (Å²) in [6.07, 6.45) is 2.32. The summed E-state index contributed by atoms with van der Waals surface area (Å²) in [6, 6.07) is 7.09. The molecule has 0 atom stereocenters. The van der Waals surface area contributed by atoms with Gasteiger partial charge in [-0.25, -0.2) is 0 Å². The van der Waals surface area contributed by atoms with Crippen molar-refractivity contribution in [2.45, 2.75) is 12.8 Å². The Morgan fingerprint density at radius 3 is 2.71 bits per heavy atom. The molecule has 1 saturated heterocycles. The number of nitrogens with zero attached hydrogens (tertiary/aromatic N) is 2. The highest BCUT2D eigenvalue weighted by Crippen LogP contribution is 2.21. The Labute approximate surface area is 99.2 Å². The molecule has 1 aliphatic heterocycles. The van der Waals surface area contributed by atoms with Gasteiger partial charge in [0.2, 0.25) is 5.78 Å². The molecule has 1 aliphatic rings. The predicted molar refractivity (Wildman–Crippen MR) is 64.1 cm³/mol. The van der Waals surface area contributed by atoms with E-state index in [1.54, 1.807) is 18.2 Å². The third-order valence-electron chi connectivity index (χ3n) is 2.91. The first-order chi connectivity index (χ1) is 8.16. The number of hydrogen-bond donors (Lipinski definition) is 0. The van der Waals surface area contributed by atoms with Crippen molar-refractivity contribution in [3.63, 3.8) is 0 Å². The fraction of sp³-hybridized carbons (Fsp3) is 0.417. The highest BCUT2D eigenvalue weighted by Gasteiger charge is 2.16. The Bertz CT molecular complexity index is 439. The van der Waals surface area contributed by atoms with Crippen LogP contribution in [0.15, 0.2) is 24.3 Å². The van der Waals surface area contributed by atoms with Crippen molar-refractivity contribution in [3.05, 3.63) is 39.9 Å². The average molecular weight is 234 g/mol. The van der Waals surface area contributed by atoms with Gasteiger partial charge in [0.1, 0.15) is 0 Å². The van der Waals surface area contributed by atoms with Crippen LogP contribution in [0.1, 0.15) is 23.2 Å². The highest BCUT2D eigenvalue weighted by molar-refractivity contribution is 5.97. The van der Waals surface area contributed by atoms with Crippen LogP contribution in [-0.2, 0) is 0 Å². The van der Waals surface area contributed by atoms with Crippen LogP contribution in [0.25, 0.3) is 0 Å². The number of Topliss-reactive ketones (excluding diaryl/α,β-unsaturated/α-hetero) is 1. The van der Waals surface area contributed by atoms with E-state index in [2.05, 4.69) is 4.90 Å². The zero-order valence-electron chi connectivity index (χ0n) is 9.46. The number of rotatable bonds is 4. The molecule has 1 heterocycles. The summed E-state index contributed by atoms with van der Waals surface area (Å²) in [5, 5.41) is 10.3. The smallest absolute Gasteiger partial charge is 0.265 e. The van der Waals surface area contributed by atoms with E-state index in [-0.39, 0.29) is 0 Å². The third-order valence-corrected chi connectivity index (χ3v) is 2.91. The summed E-state index contributed by atoms with van der Waals surface area (Å²) >= 11 is 0. The molecule has 0 unspecified atom stereocenters. The number of ketones is 1. The average Bonchev–Trinajstić information content (AvgIpc) is 2.82. The lowest BCUT2D eigenvalue weighted by molar-refractivity contribution is -0.465. The third kappa shape index (κ3) is 2.81. The van der Waals surface area contributed by atoms with E-state index in [4.69, 9.17) is 0 Å². The van der Waals surface area contributed by atoms with Gasteiger partial charge in [0.15, 0.2) is 0 Å². The molecule has 0 spiro atoms. The maximum atomic E-state index is 11.6. The van der Waals surface area contributed by atoms with E-state index >= 15 is 0 Å².